The molecule has 20 heavy (non-hydrogen) atoms. The van der Waals surface area contributed by atoms with Crippen molar-refractivity contribution in [2.45, 2.75) is 33.1 Å². The Bertz CT molecular complexity index is 447. The molecular formula is C16H25N3O. The molecule has 110 valence electrons. The number of aryl methyl sites for hydroxylation is 2. The Hall–Kier alpha value is -1.71. The van der Waals surface area contributed by atoms with Crippen LogP contribution < -0.4 is 15.8 Å². The summed E-state index contributed by atoms with van der Waals surface area (Å²) in [5, 5.41) is 3.09. The first-order valence-corrected chi connectivity index (χ1v) is 7.38. The summed E-state index contributed by atoms with van der Waals surface area (Å²) in [4.78, 5) is 4.35. The Labute approximate surface area is 121 Å². The maximum absolute atomic E-state index is 5.81. The van der Waals surface area contributed by atoms with Crippen molar-refractivity contribution in [3.63, 3.8) is 0 Å². The van der Waals surface area contributed by atoms with Crippen molar-refractivity contribution in [2.75, 3.05) is 19.7 Å². The number of guanidine groups is 1. The van der Waals surface area contributed by atoms with E-state index in [2.05, 4.69) is 30.2 Å². The number of hydrogen-bond donors (Lipinski definition) is 2. The van der Waals surface area contributed by atoms with Gasteiger partial charge in [-0.25, -0.2) is 0 Å². The number of nitrogens with zero attached hydrogens (tertiary/aromatic N) is 1. The lowest BCUT2D eigenvalue weighted by Gasteiger charge is -2.23. The number of rotatable bonds is 6. The van der Waals surface area contributed by atoms with E-state index >= 15 is 0 Å². The highest BCUT2D eigenvalue weighted by molar-refractivity contribution is 5.77. The minimum Gasteiger partial charge on any atom is -0.492 e. The van der Waals surface area contributed by atoms with E-state index in [1.807, 2.05) is 12.1 Å². The van der Waals surface area contributed by atoms with Crippen molar-refractivity contribution >= 4 is 5.96 Å². The van der Waals surface area contributed by atoms with E-state index in [4.69, 9.17) is 10.5 Å². The SMILES string of the molecule is Cc1cc(C)cc(OCCNC(N)=NCC2CCC2)c1. The van der Waals surface area contributed by atoms with Crippen molar-refractivity contribution in [1.29, 1.82) is 0 Å². The summed E-state index contributed by atoms with van der Waals surface area (Å²) in [5.74, 6) is 2.19. The van der Waals surface area contributed by atoms with Crippen LogP contribution in [0.4, 0.5) is 0 Å². The molecule has 0 bridgehead atoms. The molecule has 1 aliphatic carbocycles. The zero-order valence-corrected chi connectivity index (χ0v) is 12.5. The molecule has 4 heteroatoms. The van der Waals surface area contributed by atoms with Crippen LogP contribution in [0.15, 0.2) is 23.2 Å². The van der Waals surface area contributed by atoms with Gasteiger partial charge in [-0.3, -0.25) is 4.99 Å². The molecule has 1 aromatic rings. The molecule has 0 spiro atoms. The second-order valence-electron chi connectivity index (χ2n) is 5.62. The maximum atomic E-state index is 5.81. The summed E-state index contributed by atoms with van der Waals surface area (Å²) < 4.78 is 5.70. The van der Waals surface area contributed by atoms with E-state index in [9.17, 15) is 0 Å². The molecule has 0 aromatic heterocycles. The standard InChI is InChI=1S/C16H25N3O/c1-12-8-13(2)10-15(9-12)20-7-6-18-16(17)19-11-14-4-3-5-14/h8-10,14H,3-7,11H2,1-2H3,(H3,17,18,19). The quantitative estimate of drug-likeness (QED) is 0.476. The monoisotopic (exact) mass is 275 g/mol. The molecule has 0 heterocycles. The number of aliphatic imine (C=N–C) groups is 1. The average Bonchev–Trinajstić information content (AvgIpc) is 2.31. The molecule has 0 saturated heterocycles. The second kappa shape index (κ2) is 7.17. The summed E-state index contributed by atoms with van der Waals surface area (Å²) in [6.07, 6.45) is 3.94. The predicted octanol–water partition coefficient (Wildman–Crippen LogP) is 2.39. The fourth-order valence-electron chi connectivity index (χ4n) is 2.32. The van der Waals surface area contributed by atoms with Gasteiger partial charge in [-0.05, 0) is 55.9 Å². The van der Waals surface area contributed by atoms with E-state index in [-0.39, 0.29) is 0 Å². The van der Waals surface area contributed by atoms with E-state index < -0.39 is 0 Å². The van der Waals surface area contributed by atoms with E-state index in [1.54, 1.807) is 0 Å². The number of ether oxygens (including phenoxy) is 1. The van der Waals surface area contributed by atoms with Gasteiger partial charge in [0.1, 0.15) is 12.4 Å². The van der Waals surface area contributed by atoms with Gasteiger partial charge in [0.15, 0.2) is 5.96 Å². The smallest absolute Gasteiger partial charge is 0.188 e. The molecule has 0 atom stereocenters. The van der Waals surface area contributed by atoms with Crippen molar-refractivity contribution in [1.82, 2.24) is 5.32 Å². The lowest BCUT2D eigenvalue weighted by atomic mass is 9.86. The molecule has 1 fully saturated rings. The molecule has 1 saturated carbocycles. The average molecular weight is 275 g/mol. The third kappa shape index (κ3) is 4.76. The first-order valence-electron chi connectivity index (χ1n) is 7.38. The molecule has 2 rings (SSSR count). The van der Waals surface area contributed by atoms with Gasteiger partial charge in [0, 0.05) is 6.54 Å². The van der Waals surface area contributed by atoms with Gasteiger partial charge in [-0.1, -0.05) is 12.5 Å². The fourth-order valence-corrected chi connectivity index (χ4v) is 2.32. The number of nitrogens with one attached hydrogen (secondary N) is 1. The summed E-state index contributed by atoms with van der Waals surface area (Å²) in [5.41, 5.74) is 8.25. The maximum Gasteiger partial charge on any atom is 0.188 e. The van der Waals surface area contributed by atoms with Crippen LogP contribution in [-0.2, 0) is 0 Å². The third-order valence-electron chi connectivity index (χ3n) is 3.62. The highest BCUT2D eigenvalue weighted by Gasteiger charge is 2.16. The zero-order valence-electron chi connectivity index (χ0n) is 12.5. The van der Waals surface area contributed by atoms with E-state index in [0.717, 1.165) is 18.2 Å². The van der Waals surface area contributed by atoms with Crippen LogP contribution in [0.5, 0.6) is 5.75 Å². The Kier molecular flexibility index (Phi) is 5.27. The molecule has 0 unspecified atom stereocenters. The Morgan fingerprint density at radius 1 is 1.30 bits per heavy atom. The van der Waals surface area contributed by atoms with Crippen molar-refractivity contribution in [3.8, 4) is 5.75 Å². The van der Waals surface area contributed by atoms with Gasteiger partial charge in [0.25, 0.3) is 0 Å². The van der Waals surface area contributed by atoms with Crippen LogP contribution in [0, 0.1) is 19.8 Å². The molecule has 3 N–H and O–H groups in total. The molecule has 0 amide bonds. The third-order valence-corrected chi connectivity index (χ3v) is 3.62. The summed E-state index contributed by atoms with van der Waals surface area (Å²) in [6.45, 7) is 6.26. The highest BCUT2D eigenvalue weighted by atomic mass is 16.5. The van der Waals surface area contributed by atoms with Gasteiger partial charge in [-0.15, -0.1) is 0 Å². The lowest BCUT2D eigenvalue weighted by molar-refractivity contribution is 0.320. The molecule has 1 aliphatic rings. The summed E-state index contributed by atoms with van der Waals surface area (Å²) in [6, 6.07) is 6.22. The van der Waals surface area contributed by atoms with Gasteiger partial charge in [0.2, 0.25) is 0 Å². The minimum atomic E-state index is 0.529. The molecule has 0 aliphatic heterocycles. The van der Waals surface area contributed by atoms with Gasteiger partial charge < -0.3 is 15.8 Å². The number of hydrogen-bond acceptors (Lipinski definition) is 2. The Balaban J connectivity index is 1.65. The predicted molar refractivity (Wildman–Crippen MR) is 83.2 cm³/mol. The topological polar surface area (TPSA) is 59.6 Å². The first kappa shape index (κ1) is 14.7. The van der Waals surface area contributed by atoms with Crippen LogP contribution in [0.3, 0.4) is 0 Å². The van der Waals surface area contributed by atoms with Crippen molar-refractivity contribution in [2.24, 2.45) is 16.6 Å². The van der Waals surface area contributed by atoms with Crippen molar-refractivity contribution < 1.29 is 4.74 Å². The normalized spacial score (nSPS) is 15.8. The van der Waals surface area contributed by atoms with Crippen LogP contribution >= 0.6 is 0 Å². The molecular weight excluding hydrogens is 250 g/mol. The van der Waals surface area contributed by atoms with Crippen molar-refractivity contribution in [3.05, 3.63) is 29.3 Å². The largest absolute Gasteiger partial charge is 0.492 e. The van der Waals surface area contributed by atoms with Crippen LogP contribution in [0.2, 0.25) is 0 Å². The summed E-state index contributed by atoms with van der Waals surface area (Å²) in [7, 11) is 0. The number of nitrogens with two attached hydrogens (primary N) is 1. The highest BCUT2D eigenvalue weighted by Crippen LogP contribution is 2.26. The van der Waals surface area contributed by atoms with Gasteiger partial charge >= 0.3 is 0 Å². The first-order chi connectivity index (χ1) is 9.63. The van der Waals surface area contributed by atoms with Gasteiger partial charge in [-0.2, -0.15) is 0 Å². The Morgan fingerprint density at radius 2 is 2.00 bits per heavy atom. The molecule has 1 aromatic carbocycles. The zero-order chi connectivity index (χ0) is 14.4. The van der Waals surface area contributed by atoms with Gasteiger partial charge in [0.05, 0.1) is 6.54 Å². The summed E-state index contributed by atoms with van der Waals surface area (Å²) >= 11 is 0. The Morgan fingerprint density at radius 3 is 2.60 bits per heavy atom. The minimum absolute atomic E-state index is 0.529. The molecule has 4 nitrogen and oxygen atoms in total. The van der Waals surface area contributed by atoms with Crippen LogP contribution in [-0.4, -0.2) is 25.7 Å². The molecule has 0 radical (unpaired) electrons. The second-order valence-corrected chi connectivity index (χ2v) is 5.62. The fraction of sp³-hybridized carbons (Fsp3) is 0.562. The van der Waals surface area contributed by atoms with E-state index in [1.165, 1.54) is 30.4 Å². The van der Waals surface area contributed by atoms with Crippen LogP contribution in [0.25, 0.3) is 0 Å². The number of benzene rings is 1. The lowest BCUT2D eigenvalue weighted by Crippen LogP contribution is -2.35. The van der Waals surface area contributed by atoms with E-state index in [0.29, 0.717) is 19.1 Å². The van der Waals surface area contributed by atoms with Crippen LogP contribution in [0.1, 0.15) is 30.4 Å².